The van der Waals surface area contributed by atoms with Crippen molar-refractivity contribution in [3.8, 4) is 5.75 Å². The number of fused-ring (bicyclic) bond motifs is 1. The number of sulfone groups is 1. The van der Waals surface area contributed by atoms with Gasteiger partial charge in [0.2, 0.25) is 0 Å². The summed E-state index contributed by atoms with van der Waals surface area (Å²) in [7, 11) is -3.18. The molecular formula is C14H21NO3S. The summed E-state index contributed by atoms with van der Waals surface area (Å²) >= 11 is 0. The Bertz CT molecular complexity index is 552. The van der Waals surface area contributed by atoms with Crippen molar-refractivity contribution in [2.75, 3.05) is 12.8 Å². The Labute approximate surface area is 115 Å². The van der Waals surface area contributed by atoms with Crippen LogP contribution in [0.3, 0.4) is 0 Å². The molecule has 5 heteroatoms. The standard InChI is InChI=1S/C14H21NO3S/c1-10(2)15-9-12-6-4-11-5-7-13(19(3,16)17)8-14(11)18-12/h5,7-8,10,12,15H,4,6,9H2,1-3H3/t12-/m0/s1. The first-order valence-corrected chi connectivity index (χ1v) is 8.48. The van der Waals surface area contributed by atoms with Gasteiger partial charge in [-0.25, -0.2) is 8.42 Å². The topological polar surface area (TPSA) is 55.4 Å². The number of rotatable bonds is 4. The molecule has 0 saturated heterocycles. The minimum Gasteiger partial charge on any atom is -0.489 e. The monoisotopic (exact) mass is 283 g/mol. The Balaban J connectivity index is 2.14. The highest BCUT2D eigenvalue weighted by Gasteiger charge is 2.21. The van der Waals surface area contributed by atoms with Gasteiger partial charge in [0, 0.05) is 18.8 Å². The Hall–Kier alpha value is -1.07. The molecule has 1 atom stereocenters. The molecule has 0 radical (unpaired) electrons. The molecule has 0 unspecified atom stereocenters. The summed E-state index contributed by atoms with van der Waals surface area (Å²) in [5, 5.41) is 3.35. The summed E-state index contributed by atoms with van der Waals surface area (Å²) in [5.74, 6) is 0.713. The molecule has 0 fully saturated rings. The number of nitrogens with one attached hydrogen (secondary N) is 1. The number of ether oxygens (including phenoxy) is 1. The fourth-order valence-electron chi connectivity index (χ4n) is 2.15. The summed E-state index contributed by atoms with van der Waals surface area (Å²) in [5.41, 5.74) is 1.09. The van der Waals surface area contributed by atoms with E-state index in [1.54, 1.807) is 12.1 Å². The van der Waals surface area contributed by atoms with Crippen LogP contribution in [0.4, 0.5) is 0 Å². The molecule has 1 aromatic rings. The Morgan fingerprint density at radius 1 is 1.42 bits per heavy atom. The van der Waals surface area contributed by atoms with Gasteiger partial charge in [0.05, 0.1) is 4.90 Å². The van der Waals surface area contributed by atoms with Gasteiger partial charge in [-0.1, -0.05) is 19.9 Å². The van der Waals surface area contributed by atoms with Gasteiger partial charge in [-0.15, -0.1) is 0 Å². The third-order valence-electron chi connectivity index (χ3n) is 3.25. The van der Waals surface area contributed by atoms with Crippen molar-refractivity contribution in [1.29, 1.82) is 0 Å². The van der Waals surface area contributed by atoms with Gasteiger partial charge in [-0.3, -0.25) is 0 Å². The van der Waals surface area contributed by atoms with Gasteiger partial charge in [-0.2, -0.15) is 0 Å². The molecule has 1 aliphatic rings. The molecule has 0 saturated carbocycles. The van der Waals surface area contributed by atoms with E-state index in [9.17, 15) is 8.42 Å². The van der Waals surface area contributed by atoms with E-state index < -0.39 is 9.84 Å². The lowest BCUT2D eigenvalue weighted by Crippen LogP contribution is -2.37. The molecule has 0 aliphatic carbocycles. The third kappa shape index (κ3) is 3.70. The van der Waals surface area contributed by atoms with E-state index in [-0.39, 0.29) is 6.10 Å². The number of benzene rings is 1. The van der Waals surface area contributed by atoms with Crippen molar-refractivity contribution in [2.24, 2.45) is 0 Å². The molecule has 1 aliphatic heterocycles. The van der Waals surface area contributed by atoms with Gasteiger partial charge in [-0.05, 0) is 30.5 Å². The molecule has 0 amide bonds. The predicted molar refractivity (Wildman–Crippen MR) is 75.4 cm³/mol. The first-order valence-electron chi connectivity index (χ1n) is 6.59. The minimum absolute atomic E-state index is 0.115. The van der Waals surface area contributed by atoms with Gasteiger partial charge in [0.1, 0.15) is 11.9 Å². The molecule has 4 nitrogen and oxygen atoms in total. The second-order valence-electron chi connectivity index (χ2n) is 5.38. The maximum atomic E-state index is 11.5. The van der Waals surface area contributed by atoms with Crippen LogP contribution in [0.1, 0.15) is 25.8 Å². The Morgan fingerprint density at radius 3 is 2.79 bits per heavy atom. The quantitative estimate of drug-likeness (QED) is 0.915. The average Bonchev–Trinajstić information content (AvgIpc) is 2.34. The molecule has 1 aromatic carbocycles. The van der Waals surface area contributed by atoms with Gasteiger partial charge >= 0.3 is 0 Å². The molecule has 0 spiro atoms. The van der Waals surface area contributed by atoms with Crippen LogP contribution in [0, 0.1) is 0 Å². The smallest absolute Gasteiger partial charge is 0.175 e. The van der Waals surface area contributed by atoms with E-state index in [0.29, 0.717) is 16.7 Å². The third-order valence-corrected chi connectivity index (χ3v) is 4.36. The highest BCUT2D eigenvalue weighted by atomic mass is 32.2. The normalized spacial score (nSPS) is 19.1. The molecule has 0 bridgehead atoms. The molecule has 1 N–H and O–H groups in total. The highest BCUT2D eigenvalue weighted by molar-refractivity contribution is 7.90. The van der Waals surface area contributed by atoms with E-state index in [1.807, 2.05) is 6.07 Å². The van der Waals surface area contributed by atoms with E-state index in [2.05, 4.69) is 19.2 Å². The lowest BCUT2D eigenvalue weighted by atomic mass is 10.0. The lowest BCUT2D eigenvalue weighted by molar-refractivity contribution is 0.167. The van der Waals surface area contributed by atoms with Crippen LogP contribution in [0.5, 0.6) is 5.75 Å². The van der Waals surface area contributed by atoms with E-state index in [0.717, 1.165) is 24.9 Å². The zero-order valence-electron chi connectivity index (χ0n) is 11.6. The van der Waals surface area contributed by atoms with Gasteiger partial charge < -0.3 is 10.1 Å². The van der Waals surface area contributed by atoms with Gasteiger partial charge in [0.25, 0.3) is 0 Å². The second-order valence-corrected chi connectivity index (χ2v) is 7.40. The highest BCUT2D eigenvalue weighted by Crippen LogP contribution is 2.29. The maximum absolute atomic E-state index is 11.5. The predicted octanol–water partition coefficient (Wildman–Crippen LogP) is 1.78. The van der Waals surface area contributed by atoms with E-state index in [4.69, 9.17) is 4.74 Å². The van der Waals surface area contributed by atoms with Crippen LogP contribution in [0.2, 0.25) is 0 Å². The minimum atomic E-state index is -3.18. The Morgan fingerprint density at radius 2 is 2.16 bits per heavy atom. The number of hydrogen-bond donors (Lipinski definition) is 1. The van der Waals surface area contributed by atoms with Crippen molar-refractivity contribution < 1.29 is 13.2 Å². The van der Waals surface area contributed by atoms with E-state index >= 15 is 0 Å². The van der Waals surface area contributed by atoms with Gasteiger partial charge in [0.15, 0.2) is 9.84 Å². The lowest BCUT2D eigenvalue weighted by Gasteiger charge is -2.27. The number of aryl methyl sites for hydroxylation is 1. The molecule has 106 valence electrons. The summed E-state index contributed by atoms with van der Waals surface area (Å²) in [6.07, 6.45) is 3.23. The Kier molecular flexibility index (Phi) is 4.16. The molecule has 1 heterocycles. The second kappa shape index (κ2) is 5.51. The van der Waals surface area contributed by atoms with E-state index in [1.165, 1.54) is 6.26 Å². The molecule has 19 heavy (non-hydrogen) atoms. The van der Waals surface area contributed by atoms with Crippen LogP contribution in [-0.2, 0) is 16.3 Å². The largest absolute Gasteiger partial charge is 0.489 e. The zero-order chi connectivity index (χ0) is 14.0. The average molecular weight is 283 g/mol. The van der Waals surface area contributed by atoms with Crippen molar-refractivity contribution in [3.05, 3.63) is 23.8 Å². The maximum Gasteiger partial charge on any atom is 0.175 e. The molecule has 0 aromatic heterocycles. The molecule has 2 rings (SSSR count). The van der Waals surface area contributed by atoms with Crippen molar-refractivity contribution in [2.45, 2.75) is 43.7 Å². The number of hydrogen-bond acceptors (Lipinski definition) is 4. The van der Waals surface area contributed by atoms with Crippen molar-refractivity contribution in [3.63, 3.8) is 0 Å². The van der Waals surface area contributed by atoms with Crippen LogP contribution in [-0.4, -0.2) is 33.4 Å². The van der Waals surface area contributed by atoms with Crippen molar-refractivity contribution >= 4 is 9.84 Å². The fourth-order valence-corrected chi connectivity index (χ4v) is 2.78. The first-order chi connectivity index (χ1) is 8.86. The van der Waals surface area contributed by atoms with Crippen LogP contribution < -0.4 is 10.1 Å². The summed E-state index contributed by atoms with van der Waals surface area (Å²) < 4.78 is 29.0. The van der Waals surface area contributed by atoms with Crippen LogP contribution >= 0.6 is 0 Å². The molecular weight excluding hydrogens is 262 g/mol. The summed E-state index contributed by atoms with van der Waals surface area (Å²) in [4.78, 5) is 0.323. The van der Waals surface area contributed by atoms with Crippen molar-refractivity contribution in [1.82, 2.24) is 5.32 Å². The summed E-state index contributed by atoms with van der Waals surface area (Å²) in [6, 6.07) is 5.58. The van der Waals surface area contributed by atoms with Crippen LogP contribution in [0.25, 0.3) is 0 Å². The SMILES string of the molecule is CC(C)NC[C@@H]1CCc2ccc(S(C)(=O)=O)cc2O1. The fraction of sp³-hybridized carbons (Fsp3) is 0.571. The first kappa shape index (κ1) is 14.3. The van der Waals surface area contributed by atoms with Crippen LogP contribution in [0.15, 0.2) is 23.1 Å². The zero-order valence-corrected chi connectivity index (χ0v) is 12.5. The summed E-state index contributed by atoms with van der Waals surface area (Å²) in [6.45, 7) is 4.98.